The first kappa shape index (κ1) is 15.5. The first-order valence-corrected chi connectivity index (χ1v) is 7.83. The Bertz CT molecular complexity index is 651. The predicted molar refractivity (Wildman–Crippen MR) is 84.1 cm³/mol. The molecule has 1 aliphatic heterocycles. The number of carbonyl (C=O) groups excluding carboxylic acids is 2. The molecule has 1 atom stereocenters. The first-order valence-electron chi connectivity index (χ1n) is 7.83. The molecule has 2 amide bonds. The number of anilines is 1. The van der Waals surface area contributed by atoms with Gasteiger partial charge in [-0.05, 0) is 50.5 Å². The molecule has 0 spiro atoms. The van der Waals surface area contributed by atoms with E-state index in [0.717, 1.165) is 12.8 Å². The van der Waals surface area contributed by atoms with Crippen LogP contribution in [0.25, 0.3) is 0 Å². The Morgan fingerprint density at radius 1 is 1.22 bits per heavy atom. The Hall–Kier alpha value is -2.37. The molecule has 6 nitrogen and oxygen atoms in total. The minimum atomic E-state index is -0.870. The molecule has 23 heavy (non-hydrogen) atoms. The van der Waals surface area contributed by atoms with Crippen molar-refractivity contribution in [2.75, 3.05) is 18.4 Å². The Kier molecular flexibility index (Phi) is 3.83. The highest BCUT2D eigenvalue weighted by Crippen LogP contribution is 2.32. The molecule has 0 aromatic heterocycles. The fourth-order valence-electron chi connectivity index (χ4n) is 2.78. The lowest BCUT2D eigenvalue weighted by molar-refractivity contribution is -0.147. The minimum absolute atomic E-state index is 0.0286. The number of hydrogen-bond acceptors (Lipinski definition) is 3. The van der Waals surface area contributed by atoms with Crippen LogP contribution in [0, 0.1) is 11.3 Å². The molecule has 6 heteroatoms. The molecule has 2 fully saturated rings. The number of carboxylic acids is 1. The van der Waals surface area contributed by atoms with Crippen LogP contribution in [0.5, 0.6) is 0 Å². The molecule has 2 aliphatic rings. The van der Waals surface area contributed by atoms with Gasteiger partial charge < -0.3 is 15.3 Å². The zero-order chi connectivity index (χ0) is 16.6. The lowest BCUT2D eigenvalue weighted by Crippen LogP contribution is -2.34. The summed E-state index contributed by atoms with van der Waals surface area (Å²) in [5, 5.41) is 12.1. The average Bonchev–Trinajstić information content (AvgIpc) is 3.30. The van der Waals surface area contributed by atoms with Crippen LogP contribution in [0.1, 0.15) is 36.5 Å². The van der Waals surface area contributed by atoms with Gasteiger partial charge >= 0.3 is 5.97 Å². The summed E-state index contributed by atoms with van der Waals surface area (Å²) in [7, 11) is 0. The van der Waals surface area contributed by atoms with E-state index in [2.05, 4.69) is 5.32 Å². The van der Waals surface area contributed by atoms with Gasteiger partial charge in [0, 0.05) is 30.3 Å². The van der Waals surface area contributed by atoms with Crippen LogP contribution in [0.2, 0.25) is 0 Å². The normalized spacial score (nSPS) is 23.6. The van der Waals surface area contributed by atoms with E-state index in [9.17, 15) is 19.5 Å². The second kappa shape index (κ2) is 5.68. The van der Waals surface area contributed by atoms with Crippen LogP contribution < -0.4 is 5.32 Å². The van der Waals surface area contributed by atoms with Crippen molar-refractivity contribution in [2.24, 2.45) is 11.3 Å². The largest absolute Gasteiger partial charge is 0.481 e. The molecule has 122 valence electrons. The van der Waals surface area contributed by atoms with Crippen molar-refractivity contribution in [3.05, 3.63) is 29.8 Å². The zero-order valence-corrected chi connectivity index (χ0v) is 13.0. The SMILES string of the molecule is CC1(C(=O)O)CCN(C(=O)c2ccc(NC(=O)C3CC3)cc2)C1. The van der Waals surface area contributed by atoms with Gasteiger partial charge in [0.25, 0.3) is 5.91 Å². The van der Waals surface area contributed by atoms with Gasteiger partial charge in [0.1, 0.15) is 0 Å². The molecule has 3 rings (SSSR count). The van der Waals surface area contributed by atoms with Crippen molar-refractivity contribution in [2.45, 2.75) is 26.2 Å². The molecule has 0 radical (unpaired) electrons. The third-order valence-electron chi connectivity index (χ3n) is 4.62. The van der Waals surface area contributed by atoms with E-state index < -0.39 is 11.4 Å². The maximum atomic E-state index is 12.5. The summed E-state index contributed by atoms with van der Waals surface area (Å²) in [5.74, 6) is -0.878. The lowest BCUT2D eigenvalue weighted by atomic mass is 9.90. The number of rotatable bonds is 4. The summed E-state index contributed by atoms with van der Waals surface area (Å²) in [5.41, 5.74) is 0.313. The van der Waals surface area contributed by atoms with Crippen molar-refractivity contribution >= 4 is 23.5 Å². The number of carboxylic acid groups (broad SMARTS) is 1. The van der Waals surface area contributed by atoms with Gasteiger partial charge in [0.2, 0.25) is 5.91 Å². The van der Waals surface area contributed by atoms with E-state index in [0.29, 0.717) is 24.2 Å². The van der Waals surface area contributed by atoms with Gasteiger partial charge in [-0.2, -0.15) is 0 Å². The Balaban J connectivity index is 1.64. The maximum Gasteiger partial charge on any atom is 0.311 e. The predicted octanol–water partition coefficient (Wildman–Crippen LogP) is 1.97. The molecular formula is C17H20N2O4. The fraction of sp³-hybridized carbons (Fsp3) is 0.471. The van der Waals surface area contributed by atoms with Gasteiger partial charge in [-0.1, -0.05) is 0 Å². The third kappa shape index (κ3) is 3.21. The number of hydrogen-bond donors (Lipinski definition) is 2. The molecule has 1 saturated carbocycles. The Morgan fingerprint density at radius 2 is 1.87 bits per heavy atom. The number of aliphatic carboxylic acids is 1. The summed E-state index contributed by atoms with van der Waals surface area (Å²) in [4.78, 5) is 37.0. The molecule has 1 aromatic carbocycles. The molecular weight excluding hydrogens is 296 g/mol. The number of amides is 2. The summed E-state index contributed by atoms with van der Waals surface area (Å²) in [6, 6.07) is 6.75. The lowest BCUT2D eigenvalue weighted by Gasteiger charge is -2.20. The highest BCUT2D eigenvalue weighted by molar-refractivity contribution is 5.97. The van der Waals surface area contributed by atoms with E-state index in [1.807, 2.05) is 0 Å². The second-order valence-electron chi connectivity index (χ2n) is 6.68. The summed E-state index contributed by atoms with van der Waals surface area (Å²) in [6.07, 6.45) is 2.35. The molecule has 1 unspecified atom stereocenters. The molecule has 1 aromatic rings. The van der Waals surface area contributed by atoms with E-state index in [1.165, 1.54) is 0 Å². The van der Waals surface area contributed by atoms with Gasteiger partial charge in [0.05, 0.1) is 5.41 Å². The van der Waals surface area contributed by atoms with Crippen LogP contribution >= 0.6 is 0 Å². The Labute approximate surface area is 134 Å². The molecule has 0 bridgehead atoms. The summed E-state index contributed by atoms with van der Waals surface area (Å²) < 4.78 is 0. The van der Waals surface area contributed by atoms with Crippen molar-refractivity contribution in [1.82, 2.24) is 4.90 Å². The van der Waals surface area contributed by atoms with Crippen LogP contribution in [0.15, 0.2) is 24.3 Å². The van der Waals surface area contributed by atoms with Crippen molar-refractivity contribution in [1.29, 1.82) is 0 Å². The van der Waals surface area contributed by atoms with Crippen molar-refractivity contribution in [3.8, 4) is 0 Å². The van der Waals surface area contributed by atoms with Crippen molar-refractivity contribution in [3.63, 3.8) is 0 Å². The van der Waals surface area contributed by atoms with E-state index >= 15 is 0 Å². The van der Waals surface area contributed by atoms with Crippen LogP contribution in [0.4, 0.5) is 5.69 Å². The Morgan fingerprint density at radius 3 is 2.39 bits per heavy atom. The molecule has 1 heterocycles. The van der Waals surface area contributed by atoms with E-state index in [4.69, 9.17) is 0 Å². The molecule has 1 aliphatic carbocycles. The summed E-state index contributed by atoms with van der Waals surface area (Å²) >= 11 is 0. The van der Waals surface area contributed by atoms with Crippen LogP contribution in [0.3, 0.4) is 0 Å². The highest BCUT2D eigenvalue weighted by atomic mass is 16.4. The van der Waals surface area contributed by atoms with Gasteiger partial charge in [-0.15, -0.1) is 0 Å². The standard InChI is InChI=1S/C17H20N2O4/c1-17(16(22)23)8-9-19(10-17)15(21)12-4-6-13(7-5-12)18-14(20)11-2-3-11/h4-7,11H,2-3,8-10H2,1H3,(H,18,20)(H,22,23). The van der Waals surface area contributed by atoms with Gasteiger partial charge in [-0.3, -0.25) is 14.4 Å². The molecule has 2 N–H and O–H groups in total. The van der Waals surface area contributed by atoms with Crippen molar-refractivity contribution < 1.29 is 19.5 Å². The average molecular weight is 316 g/mol. The number of likely N-dealkylation sites (tertiary alicyclic amines) is 1. The summed E-state index contributed by atoms with van der Waals surface area (Å²) in [6.45, 7) is 2.34. The monoisotopic (exact) mass is 316 g/mol. The third-order valence-corrected chi connectivity index (χ3v) is 4.62. The van der Waals surface area contributed by atoms with E-state index in [1.54, 1.807) is 36.1 Å². The van der Waals surface area contributed by atoms with Crippen LogP contribution in [-0.4, -0.2) is 40.9 Å². The second-order valence-corrected chi connectivity index (χ2v) is 6.68. The number of nitrogens with zero attached hydrogens (tertiary/aromatic N) is 1. The maximum absolute atomic E-state index is 12.5. The zero-order valence-electron chi connectivity index (χ0n) is 13.0. The number of carbonyl (C=O) groups is 3. The number of benzene rings is 1. The number of nitrogens with one attached hydrogen (secondary N) is 1. The smallest absolute Gasteiger partial charge is 0.311 e. The minimum Gasteiger partial charge on any atom is -0.481 e. The topological polar surface area (TPSA) is 86.7 Å². The van der Waals surface area contributed by atoms with Gasteiger partial charge in [0.15, 0.2) is 0 Å². The molecule has 1 saturated heterocycles. The first-order chi connectivity index (χ1) is 10.9. The van der Waals surface area contributed by atoms with Crippen LogP contribution in [-0.2, 0) is 9.59 Å². The fourth-order valence-corrected chi connectivity index (χ4v) is 2.78. The quantitative estimate of drug-likeness (QED) is 0.889. The van der Waals surface area contributed by atoms with Gasteiger partial charge in [-0.25, -0.2) is 0 Å². The van der Waals surface area contributed by atoms with E-state index in [-0.39, 0.29) is 24.3 Å². The highest BCUT2D eigenvalue weighted by Gasteiger charge is 2.42.